The molecule has 0 amide bonds. The Hall–Kier alpha value is -2.06. The highest BCUT2D eigenvalue weighted by molar-refractivity contribution is 5.88. The molecule has 0 aliphatic heterocycles. The maximum Gasteiger partial charge on any atom is 0.127 e. The maximum atomic E-state index is 5.78. The molecule has 2 rings (SSSR count). The van der Waals surface area contributed by atoms with Crippen LogP contribution in [0.5, 0.6) is 5.75 Å². The monoisotopic (exact) mass is 297 g/mol. The fourth-order valence-electron chi connectivity index (χ4n) is 1.97. The lowest BCUT2D eigenvalue weighted by atomic mass is 10.1. The molecule has 118 valence electrons. The Bertz CT molecular complexity index is 572. The predicted octanol–water partition coefficient (Wildman–Crippen LogP) is 4.97. The molecule has 0 aromatic heterocycles. The van der Waals surface area contributed by atoms with Crippen LogP contribution in [-0.4, -0.2) is 20.2 Å². The highest BCUT2D eigenvalue weighted by atomic mass is 16.5. The average molecular weight is 297 g/mol. The van der Waals surface area contributed by atoms with Gasteiger partial charge in [-0.3, -0.25) is 0 Å². The lowest BCUT2D eigenvalue weighted by Gasteiger charge is -2.08. The maximum absolute atomic E-state index is 5.78. The van der Waals surface area contributed by atoms with Crippen LogP contribution in [0.2, 0.25) is 0 Å². The first-order chi connectivity index (χ1) is 10.8. The number of hydrogen-bond donors (Lipinski definition) is 1. The Labute approximate surface area is 134 Å². The molecular formula is C20H27NO. The quantitative estimate of drug-likeness (QED) is 0.600. The summed E-state index contributed by atoms with van der Waals surface area (Å²) in [4.78, 5) is 0. The second-order valence-electron chi connectivity index (χ2n) is 4.83. The molecule has 0 fully saturated rings. The molecule has 0 atom stereocenters. The van der Waals surface area contributed by atoms with Crippen molar-refractivity contribution in [2.45, 2.75) is 20.3 Å². The number of rotatable bonds is 6. The number of ether oxygens (including phenoxy) is 1. The van der Waals surface area contributed by atoms with Gasteiger partial charge in [0, 0.05) is 5.39 Å². The molecule has 1 N–H and O–H groups in total. The fraction of sp³-hybridized carbons (Fsp3) is 0.300. The molecule has 0 heterocycles. The summed E-state index contributed by atoms with van der Waals surface area (Å²) in [6.45, 7) is 5.75. The fourth-order valence-corrected chi connectivity index (χ4v) is 1.97. The van der Waals surface area contributed by atoms with Gasteiger partial charge in [-0.1, -0.05) is 60.7 Å². The smallest absolute Gasteiger partial charge is 0.127 e. The minimum absolute atomic E-state index is 0.759. The normalized spacial score (nSPS) is 10.9. The van der Waals surface area contributed by atoms with Gasteiger partial charge in [0.25, 0.3) is 0 Å². The summed E-state index contributed by atoms with van der Waals surface area (Å²) in [6, 6.07) is 14.5. The number of fused-ring (bicyclic) bond motifs is 1. The van der Waals surface area contributed by atoms with Gasteiger partial charge < -0.3 is 10.1 Å². The molecule has 0 saturated carbocycles. The van der Waals surface area contributed by atoms with Crippen LogP contribution >= 0.6 is 0 Å². The van der Waals surface area contributed by atoms with E-state index in [2.05, 4.69) is 23.5 Å². The zero-order valence-corrected chi connectivity index (χ0v) is 13.9. The summed E-state index contributed by atoms with van der Waals surface area (Å²) >= 11 is 0. The van der Waals surface area contributed by atoms with E-state index < -0.39 is 0 Å². The van der Waals surface area contributed by atoms with E-state index in [9.17, 15) is 0 Å². The van der Waals surface area contributed by atoms with Crippen molar-refractivity contribution in [3.63, 3.8) is 0 Å². The standard InChI is InChI=1S/C14H17NO.C6H10/c1-15-10-5-11-16-14-9-4-7-12-6-2-3-8-13(12)14;1-3-5-6-4-2/h2-4,6-9,15H,5,10-11H2,1H3;3-6H,1-2H3/b;5-3-,6-4-. The Morgan fingerprint density at radius 1 is 0.955 bits per heavy atom. The summed E-state index contributed by atoms with van der Waals surface area (Å²) in [5, 5.41) is 5.53. The van der Waals surface area contributed by atoms with E-state index >= 15 is 0 Å². The third-order valence-corrected chi connectivity index (χ3v) is 3.07. The minimum atomic E-state index is 0.759. The van der Waals surface area contributed by atoms with E-state index in [0.29, 0.717) is 0 Å². The van der Waals surface area contributed by atoms with Gasteiger partial charge in [0.15, 0.2) is 0 Å². The molecule has 0 spiro atoms. The molecule has 22 heavy (non-hydrogen) atoms. The molecule has 2 aromatic rings. The summed E-state index contributed by atoms with van der Waals surface area (Å²) in [6.07, 6.45) is 9.03. The zero-order chi connectivity index (χ0) is 16.0. The van der Waals surface area contributed by atoms with E-state index in [1.54, 1.807) is 0 Å². The van der Waals surface area contributed by atoms with E-state index in [4.69, 9.17) is 4.74 Å². The summed E-state index contributed by atoms with van der Waals surface area (Å²) in [5.74, 6) is 0.981. The highest BCUT2D eigenvalue weighted by Crippen LogP contribution is 2.24. The van der Waals surface area contributed by atoms with Crippen molar-refractivity contribution >= 4 is 10.8 Å². The predicted molar refractivity (Wildman–Crippen MR) is 97.6 cm³/mol. The van der Waals surface area contributed by atoms with Crippen LogP contribution < -0.4 is 10.1 Å². The van der Waals surface area contributed by atoms with Gasteiger partial charge in [-0.2, -0.15) is 0 Å². The van der Waals surface area contributed by atoms with Crippen molar-refractivity contribution < 1.29 is 4.74 Å². The summed E-state index contributed by atoms with van der Waals surface area (Å²) in [7, 11) is 1.96. The van der Waals surface area contributed by atoms with Gasteiger partial charge >= 0.3 is 0 Å². The molecule has 0 bridgehead atoms. The average Bonchev–Trinajstić information content (AvgIpc) is 2.57. The van der Waals surface area contributed by atoms with Gasteiger partial charge in [0.05, 0.1) is 6.61 Å². The summed E-state index contributed by atoms with van der Waals surface area (Å²) in [5.41, 5.74) is 0. The van der Waals surface area contributed by atoms with Gasteiger partial charge in [-0.25, -0.2) is 0 Å². The second kappa shape index (κ2) is 11.6. The number of nitrogens with one attached hydrogen (secondary N) is 1. The zero-order valence-electron chi connectivity index (χ0n) is 13.9. The first-order valence-corrected chi connectivity index (χ1v) is 7.82. The van der Waals surface area contributed by atoms with Crippen molar-refractivity contribution in [1.29, 1.82) is 0 Å². The van der Waals surface area contributed by atoms with Crippen LogP contribution in [0, 0.1) is 0 Å². The SMILES string of the molecule is C/C=C\C=C/C.CNCCCOc1cccc2ccccc12. The van der Waals surface area contributed by atoms with E-state index in [1.165, 1.54) is 10.8 Å². The first kappa shape index (κ1) is 18.0. The highest BCUT2D eigenvalue weighted by Gasteiger charge is 2.00. The third-order valence-electron chi connectivity index (χ3n) is 3.07. The van der Waals surface area contributed by atoms with Crippen LogP contribution in [0.1, 0.15) is 20.3 Å². The number of allylic oxidation sites excluding steroid dienone is 4. The number of benzene rings is 2. The Kier molecular flexibility index (Phi) is 9.47. The van der Waals surface area contributed by atoms with Crippen LogP contribution in [0.25, 0.3) is 10.8 Å². The molecule has 0 aliphatic carbocycles. The number of hydrogen-bond acceptors (Lipinski definition) is 2. The molecular weight excluding hydrogens is 270 g/mol. The molecule has 2 heteroatoms. The van der Waals surface area contributed by atoms with Gasteiger partial charge in [0.1, 0.15) is 5.75 Å². The lowest BCUT2D eigenvalue weighted by molar-refractivity contribution is 0.313. The Morgan fingerprint density at radius 3 is 2.32 bits per heavy atom. The van der Waals surface area contributed by atoms with Crippen molar-refractivity contribution in [2.75, 3.05) is 20.2 Å². The molecule has 0 saturated heterocycles. The van der Waals surface area contributed by atoms with E-state index in [-0.39, 0.29) is 0 Å². The van der Waals surface area contributed by atoms with Crippen LogP contribution in [0.15, 0.2) is 66.8 Å². The van der Waals surface area contributed by atoms with E-state index in [0.717, 1.165) is 25.3 Å². The van der Waals surface area contributed by atoms with E-state index in [1.807, 2.05) is 69.5 Å². The van der Waals surface area contributed by atoms with Gasteiger partial charge in [0.2, 0.25) is 0 Å². The van der Waals surface area contributed by atoms with Crippen LogP contribution in [0.3, 0.4) is 0 Å². The van der Waals surface area contributed by atoms with Crippen molar-refractivity contribution in [1.82, 2.24) is 5.32 Å². The topological polar surface area (TPSA) is 21.3 Å². The van der Waals surface area contributed by atoms with Crippen LogP contribution in [0.4, 0.5) is 0 Å². The first-order valence-electron chi connectivity index (χ1n) is 7.82. The largest absolute Gasteiger partial charge is 0.493 e. The van der Waals surface area contributed by atoms with Gasteiger partial charge in [-0.15, -0.1) is 0 Å². The second-order valence-corrected chi connectivity index (χ2v) is 4.83. The third kappa shape index (κ3) is 6.59. The van der Waals surface area contributed by atoms with Crippen molar-refractivity contribution in [3.05, 3.63) is 66.8 Å². The minimum Gasteiger partial charge on any atom is -0.493 e. The Balaban J connectivity index is 0.000000346. The molecule has 0 radical (unpaired) electrons. The van der Waals surface area contributed by atoms with Crippen molar-refractivity contribution in [3.8, 4) is 5.75 Å². The molecule has 2 nitrogen and oxygen atoms in total. The molecule has 0 unspecified atom stereocenters. The molecule has 2 aromatic carbocycles. The van der Waals surface area contributed by atoms with Gasteiger partial charge in [-0.05, 0) is 45.3 Å². The van der Waals surface area contributed by atoms with Crippen molar-refractivity contribution in [2.24, 2.45) is 0 Å². The molecule has 0 aliphatic rings. The lowest BCUT2D eigenvalue weighted by Crippen LogP contribution is -2.11. The summed E-state index contributed by atoms with van der Waals surface area (Å²) < 4.78 is 5.78. The van der Waals surface area contributed by atoms with Crippen LogP contribution in [-0.2, 0) is 0 Å². The Morgan fingerprint density at radius 2 is 1.64 bits per heavy atom.